The van der Waals surface area contributed by atoms with E-state index in [0.29, 0.717) is 5.92 Å². The van der Waals surface area contributed by atoms with E-state index in [1.807, 2.05) is 5.38 Å². The van der Waals surface area contributed by atoms with Gasteiger partial charge in [-0.25, -0.2) is 4.98 Å². The van der Waals surface area contributed by atoms with E-state index in [0.717, 1.165) is 9.61 Å². The summed E-state index contributed by atoms with van der Waals surface area (Å²) in [6, 6.07) is 0.0753. The molecule has 12 heavy (non-hydrogen) atoms. The van der Waals surface area contributed by atoms with Gasteiger partial charge in [-0.05, 0) is 21.8 Å². The standard InChI is InChI=1S/C7H11BrN2S.ClH/c1-4(2)6(9)7-10-5(8)3-11-7;/h3-4,6H,9H2,1-2H3;1H/t6-;/m0./s1. The molecule has 70 valence electrons. The van der Waals surface area contributed by atoms with Gasteiger partial charge in [-0.1, -0.05) is 13.8 Å². The molecule has 2 nitrogen and oxygen atoms in total. The highest BCUT2D eigenvalue weighted by Crippen LogP contribution is 2.24. The molecule has 5 heteroatoms. The van der Waals surface area contributed by atoms with Crippen LogP contribution in [0.1, 0.15) is 24.9 Å². The molecule has 0 saturated heterocycles. The van der Waals surface area contributed by atoms with Gasteiger partial charge in [0.25, 0.3) is 0 Å². The van der Waals surface area contributed by atoms with E-state index < -0.39 is 0 Å². The molecule has 0 spiro atoms. The fourth-order valence-electron chi connectivity index (χ4n) is 0.705. The van der Waals surface area contributed by atoms with Crippen molar-refractivity contribution in [3.8, 4) is 0 Å². The summed E-state index contributed by atoms with van der Waals surface area (Å²) in [6.45, 7) is 4.19. The van der Waals surface area contributed by atoms with Gasteiger partial charge in [0.1, 0.15) is 9.61 Å². The smallest absolute Gasteiger partial charge is 0.117 e. The average molecular weight is 272 g/mol. The summed E-state index contributed by atoms with van der Waals surface area (Å²) >= 11 is 4.90. The lowest BCUT2D eigenvalue weighted by Gasteiger charge is -2.11. The highest BCUT2D eigenvalue weighted by molar-refractivity contribution is 9.10. The van der Waals surface area contributed by atoms with Gasteiger partial charge in [-0.2, -0.15) is 0 Å². The zero-order valence-electron chi connectivity index (χ0n) is 6.95. The largest absolute Gasteiger partial charge is 0.322 e. The molecule has 1 heterocycles. The van der Waals surface area contributed by atoms with Crippen molar-refractivity contribution in [2.24, 2.45) is 11.7 Å². The van der Waals surface area contributed by atoms with Crippen LogP contribution in [0.3, 0.4) is 0 Å². The maximum Gasteiger partial charge on any atom is 0.117 e. The highest BCUT2D eigenvalue weighted by Gasteiger charge is 2.13. The Morgan fingerprint density at radius 2 is 2.17 bits per heavy atom. The Balaban J connectivity index is 0.00000121. The van der Waals surface area contributed by atoms with Crippen LogP contribution in [0, 0.1) is 5.92 Å². The van der Waals surface area contributed by atoms with Crippen LogP contribution in [0.25, 0.3) is 0 Å². The van der Waals surface area contributed by atoms with Crippen molar-refractivity contribution in [1.29, 1.82) is 0 Å². The Kier molecular flexibility index (Phi) is 5.32. The molecule has 0 unspecified atom stereocenters. The first-order chi connectivity index (χ1) is 5.11. The monoisotopic (exact) mass is 270 g/mol. The Labute approximate surface area is 91.1 Å². The van der Waals surface area contributed by atoms with Crippen molar-refractivity contribution < 1.29 is 0 Å². The van der Waals surface area contributed by atoms with E-state index >= 15 is 0 Å². The fourth-order valence-corrected chi connectivity index (χ4v) is 2.15. The third-order valence-corrected chi connectivity index (χ3v) is 3.15. The van der Waals surface area contributed by atoms with Crippen molar-refractivity contribution in [2.45, 2.75) is 19.9 Å². The van der Waals surface area contributed by atoms with Crippen molar-refractivity contribution in [3.05, 3.63) is 15.0 Å². The summed E-state index contributed by atoms with van der Waals surface area (Å²) in [5.74, 6) is 0.452. The topological polar surface area (TPSA) is 38.9 Å². The zero-order valence-corrected chi connectivity index (χ0v) is 10.2. The first-order valence-electron chi connectivity index (χ1n) is 3.47. The SMILES string of the molecule is CC(C)[C@H](N)c1nc(Br)cs1.Cl. The lowest BCUT2D eigenvalue weighted by molar-refractivity contribution is 0.511. The molecule has 2 N–H and O–H groups in total. The second-order valence-corrected chi connectivity index (χ2v) is 4.48. The molecule has 0 aromatic carbocycles. The number of hydrogen-bond donors (Lipinski definition) is 1. The molecule has 0 fully saturated rings. The Morgan fingerprint density at radius 1 is 1.58 bits per heavy atom. The van der Waals surface area contributed by atoms with Crippen molar-refractivity contribution in [1.82, 2.24) is 4.98 Å². The summed E-state index contributed by atoms with van der Waals surface area (Å²) < 4.78 is 0.883. The minimum Gasteiger partial charge on any atom is -0.322 e. The van der Waals surface area contributed by atoms with Gasteiger partial charge in [-0.15, -0.1) is 23.7 Å². The van der Waals surface area contributed by atoms with Crippen LogP contribution in [0.2, 0.25) is 0 Å². The number of hydrogen-bond acceptors (Lipinski definition) is 3. The maximum absolute atomic E-state index is 5.88. The second kappa shape index (κ2) is 5.17. The zero-order chi connectivity index (χ0) is 8.43. The molecular weight excluding hydrogens is 260 g/mol. The molecule has 0 saturated carbocycles. The van der Waals surface area contributed by atoms with Gasteiger partial charge in [0.05, 0.1) is 6.04 Å². The van der Waals surface area contributed by atoms with Crippen LogP contribution in [0.4, 0.5) is 0 Å². The first kappa shape index (κ1) is 12.4. The molecule has 0 amide bonds. The Bertz CT molecular complexity index is 239. The normalized spacial score (nSPS) is 12.8. The number of nitrogens with two attached hydrogens (primary N) is 1. The maximum atomic E-state index is 5.88. The molecule has 1 aromatic rings. The Hall–Kier alpha value is 0.360. The van der Waals surface area contributed by atoms with Gasteiger partial charge < -0.3 is 5.73 Å². The van der Waals surface area contributed by atoms with Crippen molar-refractivity contribution in [3.63, 3.8) is 0 Å². The van der Waals surface area contributed by atoms with E-state index in [1.165, 1.54) is 0 Å². The van der Waals surface area contributed by atoms with E-state index in [1.54, 1.807) is 11.3 Å². The van der Waals surface area contributed by atoms with Crippen LogP contribution < -0.4 is 5.73 Å². The molecular formula is C7H12BrClN2S. The quantitative estimate of drug-likeness (QED) is 0.898. The summed E-state index contributed by atoms with van der Waals surface area (Å²) in [5, 5.41) is 2.96. The third-order valence-electron chi connectivity index (χ3n) is 1.50. The highest BCUT2D eigenvalue weighted by atomic mass is 79.9. The lowest BCUT2D eigenvalue weighted by Crippen LogP contribution is -2.16. The van der Waals surface area contributed by atoms with E-state index in [9.17, 15) is 0 Å². The third kappa shape index (κ3) is 3.01. The van der Waals surface area contributed by atoms with E-state index in [4.69, 9.17) is 5.73 Å². The number of aromatic nitrogens is 1. The van der Waals surface area contributed by atoms with Crippen LogP contribution in [-0.2, 0) is 0 Å². The lowest BCUT2D eigenvalue weighted by atomic mass is 10.1. The molecule has 0 bridgehead atoms. The van der Waals surface area contributed by atoms with Gasteiger partial charge in [0.15, 0.2) is 0 Å². The predicted molar refractivity (Wildman–Crippen MR) is 58.8 cm³/mol. The first-order valence-corrected chi connectivity index (χ1v) is 5.15. The fraction of sp³-hybridized carbons (Fsp3) is 0.571. The number of thiazole rings is 1. The predicted octanol–water partition coefficient (Wildman–Crippen LogP) is 2.98. The van der Waals surface area contributed by atoms with Crippen LogP contribution in [-0.4, -0.2) is 4.98 Å². The number of halogens is 2. The van der Waals surface area contributed by atoms with E-state index in [2.05, 4.69) is 34.8 Å². The molecule has 1 aromatic heterocycles. The molecule has 0 radical (unpaired) electrons. The van der Waals surface area contributed by atoms with Crippen LogP contribution in [0.5, 0.6) is 0 Å². The Morgan fingerprint density at radius 3 is 2.50 bits per heavy atom. The summed E-state index contributed by atoms with van der Waals surface area (Å²) in [7, 11) is 0. The molecule has 0 aliphatic rings. The second-order valence-electron chi connectivity index (χ2n) is 2.78. The van der Waals surface area contributed by atoms with Crippen LogP contribution in [0.15, 0.2) is 9.98 Å². The molecule has 0 aliphatic carbocycles. The van der Waals surface area contributed by atoms with Gasteiger partial charge in [0, 0.05) is 5.38 Å². The minimum atomic E-state index is 0. The van der Waals surface area contributed by atoms with Crippen molar-refractivity contribution in [2.75, 3.05) is 0 Å². The van der Waals surface area contributed by atoms with Gasteiger partial charge in [0.2, 0.25) is 0 Å². The van der Waals surface area contributed by atoms with Crippen molar-refractivity contribution >= 4 is 39.7 Å². The number of rotatable bonds is 2. The summed E-state index contributed by atoms with van der Waals surface area (Å²) in [4.78, 5) is 4.24. The summed E-state index contributed by atoms with van der Waals surface area (Å²) in [5.41, 5.74) is 5.88. The summed E-state index contributed by atoms with van der Waals surface area (Å²) in [6.07, 6.45) is 0. The van der Waals surface area contributed by atoms with Crippen LogP contribution >= 0.6 is 39.7 Å². The van der Waals surface area contributed by atoms with Gasteiger partial charge >= 0.3 is 0 Å². The molecule has 0 aliphatic heterocycles. The number of nitrogens with zero attached hydrogens (tertiary/aromatic N) is 1. The minimum absolute atomic E-state index is 0. The molecule has 1 atom stereocenters. The molecule has 1 rings (SSSR count). The van der Waals surface area contributed by atoms with Gasteiger partial charge in [-0.3, -0.25) is 0 Å². The van der Waals surface area contributed by atoms with E-state index in [-0.39, 0.29) is 18.4 Å². The average Bonchev–Trinajstić information content (AvgIpc) is 2.34.